The maximum absolute atomic E-state index is 4.52. The Morgan fingerprint density at radius 3 is 2.53 bits per heavy atom. The average Bonchev–Trinajstić information content (AvgIpc) is 2.65. The van der Waals surface area contributed by atoms with Crippen LogP contribution in [0.1, 0.15) is 30.7 Å². The zero-order chi connectivity index (χ0) is 11.9. The fraction of sp³-hybridized carbons (Fsp3) is 0.188. The summed E-state index contributed by atoms with van der Waals surface area (Å²) in [6.07, 6.45) is 4.19. The van der Waals surface area contributed by atoms with Crippen LogP contribution in [0.2, 0.25) is 0 Å². The SMILES string of the molecule is CC1=CC(C)(c2ccccn2)c2ccccc21. The molecule has 1 heteroatoms. The zero-order valence-corrected chi connectivity index (χ0v) is 10.1. The Bertz CT molecular complexity index is 583. The van der Waals surface area contributed by atoms with E-state index in [1.807, 2.05) is 12.3 Å². The van der Waals surface area contributed by atoms with Crippen molar-refractivity contribution in [1.29, 1.82) is 0 Å². The van der Waals surface area contributed by atoms with Crippen molar-refractivity contribution in [2.75, 3.05) is 0 Å². The summed E-state index contributed by atoms with van der Waals surface area (Å²) in [5, 5.41) is 0. The van der Waals surface area contributed by atoms with Crippen LogP contribution in [-0.2, 0) is 5.41 Å². The van der Waals surface area contributed by atoms with Crippen LogP contribution in [0.3, 0.4) is 0 Å². The molecule has 0 saturated carbocycles. The minimum absolute atomic E-state index is 0.0814. The number of hydrogen-bond donors (Lipinski definition) is 0. The summed E-state index contributed by atoms with van der Waals surface area (Å²) < 4.78 is 0. The van der Waals surface area contributed by atoms with E-state index in [0.717, 1.165) is 5.69 Å². The standard InChI is InChI=1S/C16H15N/c1-12-11-16(2,15-9-5-6-10-17-15)14-8-4-3-7-13(12)14/h3-11H,1-2H3. The monoisotopic (exact) mass is 221 g/mol. The molecule has 2 aromatic rings. The molecule has 1 aliphatic carbocycles. The Labute approximate surface area is 102 Å². The van der Waals surface area contributed by atoms with Crippen LogP contribution in [-0.4, -0.2) is 4.98 Å². The number of pyridine rings is 1. The van der Waals surface area contributed by atoms with Gasteiger partial charge in [-0.15, -0.1) is 0 Å². The van der Waals surface area contributed by atoms with Crippen molar-refractivity contribution in [2.45, 2.75) is 19.3 Å². The predicted octanol–water partition coefficient (Wildman–Crippen LogP) is 3.80. The van der Waals surface area contributed by atoms with Gasteiger partial charge in [0.2, 0.25) is 0 Å². The molecule has 0 N–H and O–H groups in total. The minimum Gasteiger partial charge on any atom is -0.260 e. The van der Waals surface area contributed by atoms with Crippen molar-refractivity contribution in [2.24, 2.45) is 0 Å². The van der Waals surface area contributed by atoms with Gasteiger partial charge in [-0.05, 0) is 42.7 Å². The van der Waals surface area contributed by atoms with Gasteiger partial charge in [0.1, 0.15) is 0 Å². The Morgan fingerprint density at radius 1 is 1.00 bits per heavy atom. The molecule has 1 heterocycles. The lowest BCUT2D eigenvalue weighted by Crippen LogP contribution is -2.20. The summed E-state index contributed by atoms with van der Waals surface area (Å²) in [5.41, 5.74) is 5.08. The molecule has 0 saturated heterocycles. The maximum Gasteiger partial charge on any atom is 0.0544 e. The first-order chi connectivity index (χ1) is 8.22. The third kappa shape index (κ3) is 1.42. The molecule has 1 nitrogen and oxygen atoms in total. The summed E-state index contributed by atoms with van der Waals surface area (Å²) in [4.78, 5) is 4.52. The normalized spacial score (nSPS) is 22.1. The largest absolute Gasteiger partial charge is 0.260 e. The van der Waals surface area contributed by atoms with E-state index < -0.39 is 0 Å². The van der Waals surface area contributed by atoms with E-state index in [9.17, 15) is 0 Å². The topological polar surface area (TPSA) is 12.9 Å². The summed E-state index contributed by atoms with van der Waals surface area (Å²) in [6.45, 7) is 4.41. The molecule has 0 bridgehead atoms. The van der Waals surface area contributed by atoms with Crippen molar-refractivity contribution in [1.82, 2.24) is 4.98 Å². The van der Waals surface area contributed by atoms with E-state index in [1.54, 1.807) is 0 Å². The smallest absolute Gasteiger partial charge is 0.0544 e. The molecule has 17 heavy (non-hydrogen) atoms. The van der Waals surface area contributed by atoms with E-state index in [1.165, 1.54) is 16.7 Å². The lowest BCUT2D eigenvalue weighted by atomic mass is 9.81. The highest BCUT2D eigenvalue weighted by Crippen LogP contribution is 2.43. The molecule has 1 aromatic carbocycles. The van der Waals surface area contributed by atoms with E-state index in [2.05, 4.69) is 61.3 Å². The van der Waals surface area contributed by atoms with Gasteiger partial charge in [-0.2, -0.15) is 0 Å². The molecular formula is C16H15N. The van der Waals surface area contributed by atoms with Gasteiger partial charge in [-0.1, -0.05) is 36.4 Å². The van der Waals surface area contributed by atoms with Gasteiger partial charge in [0.15, 0.2) is 0 Å². The first kappa shape index (κ1) is 10.3. The van der Waals surface area contributed by atoms with Gasteiger partial charge in [0.05, 0.1) is 11.1 Å². The summed E-state index contributed by atoms with van der Waals surface area (Å²) >= 11 is 0. The molecule has 0 fully saturated rings. The van der Waals surface area contributed by atoms with Crippen molar-refractivity contribution < 1.29 is 0 Å². The third-order valence-electron chi connectivity index (χ3n) is 3.61. The van der Waals surface area contributed by atoms with Crippen molar-refractivity contribution in [3.8, 4) is 0 Å². The van der Waals surface area contributed by atoms with E-state index in [0.29, 0.717) is 0 Å². The van der Waals surface area contributed by atoms with Crippen LogP contribution < -0.4 is 0 Å². The van der Waals surface area contributed by atoms with Gasteiger partial charge < -0.3 is 0 Å². The minimum atomic E-state index is -0.0814. The molecular weight excluding hydrogens is 206 g/mol. The number of allylic oxidation sites excluding steroid dienone is 2. The first-order valence-electron chi connectivity index (χ1n) is 5.93. The molecule has 1 aromatic heterocycles. The molecule has 1 aliphatic rings. The van der Waals surface area contributed by atoms with Crippen LogP contribution in [0.15, 0.2) is 54.7 Å². The van der Waals surface area contributed by atoms with Gasteiger partial charge >= 0.3 is 0 Å². The summed E-state index contributed by atoms with van der Waals surface area (Å²) in [7, 11) is 0. The molecule has 0 spiro atoms. The third-order valence-corrected chi connectivity index (χ3v) is 3.61. The highest BCUT2D eigenvalue weighted by atomic mass is 14.7. The van der Waals surface area contributed by atoms with E-state index in [4.69, 9.17) is 0 Å². The molecule has 0 radical (unpaired) electrons. The second kappa shape index (κ2) is 3.56. The Morgan fingerprint density at radius 2 is 1.76 bits per heavy atom. The molecule has 1 unspecified atom stereocenters. The molecule has 84 valence electrons. The van der Waals surface area contributed by atoms with Gasteiger partial charge in [0.25, 0.3) is 0 Å². The number of benzene rings is 1. The fourth-order valence-corrected chi connectivity index (χ4v) is 2.75. The van der Waals surface area contributed by atoms with Crippen molar-refractivity contribution in [3.63, 3.8) is 0 Å². The van der Waals surface area contributed by atoms with E-state index in [-0.39, 0.29) is 5.41 Å². The van der Waals surface area contributed by atoms with E-state index >= 15 is 0 Å². The highest BCUT2D eigenvalue weighted by Gasteiger charge is 2.34. The Kier molecular flexibility index (Phi) is 2.15. The van der Waals surface area contributed by atoms with Crippen LogP contribution >= 0.6 is 0 Å². The van der Waals surface area contributed by atoms with Crippen LogP contribution in [0.4, 0.5) is 0 Å². The molecule has 0 aliphatic heterocycles. The highest BCUT2D eigenvalue weighted by molar-refractivity contribution is 5.76. The predicted molar refractivity (Wildman–Crippen MR) is 70.8 cm³/mol. The van der Waals surface area contributed by atoms with Crippen LogP contribution in [0.25, 0.3) is 5.57 Å². The Balaban J connectivity index is 2.24. The number of fused-ring (bicyclic) bond motifs is 1. The number of hydrogen-bond acceptors (Lipinski definition) is 1. The van der Waals surface area contributed by atoms with Crippen molar-refractivity contribution >= 4 is 5.57 Å². The van der Waals surface area contributed by atoms with Crippen molar-refractivity contribution in [3.05, 3.63) is 71.6 Å². The number of rotatable bonds is 1. The number of aromatic nitrogens is 1. The van der Waals surface area contributed by atoms with Gasteiger partial charge in [-0.3, -0.25) is 4.98 Å². The van der Waals surface area contributed by atoms with Gasteiger partial charge in [-0.25, -0.2) is 0 Å². The Hall–Kier alpha value is -1.89. The second-order valence-corrected chi connectivity index (χ2v) is 4.79. The fourth-order valence-electron chi connectivity index (χ4n) is 2.75. The second-order valence-electron chi connectivity index (χ2n) is 4.79. The molecule has 3 rings (SSSR count). The number of nitrogens with zero attached hydrogens (tertiary/aromatic N) is 1. The molecule has 0 amide bonds. The molecule has 1 atom stereocenters. The summed E-state index contributed by atoms with van der Waals surface area (Å²) in [5.74, 6) is 0. The quantitative estimate of drug-likeness (QED) is 0.713. The van der Waals surface area contributed by atoms with Crippen LogP contribution in [0.5, 0.6) is 0 Å². The first-order valence-corrected chi connectivity index (χ1v) is 5.93. The average molecular weight is 221 g/mol. The lowest BCUT2D eigenvalue weighted by molar-refractivity contribution is 0.706. The van der Waals surface area contributed by atoms with Crippen LogP contribution in [0, 0.1) is 0 Å². The summed E-state index contributed by atoms with van der Waals surface area (Å²) in [6, 6.07) is 14.7. The maximum atomic E-state index is 4.52. The zero-order valence-electron chi connectivity index (χ0n) is 10.1. The lowest BCUT2D eigenvalue weighted by Gasteiger charge is -2.23. The van der Waals surface area contributed by atoms with Gasteiger partial charge in [0, 0.05) is 6.20 Å².